The molecule has 0 spiro atoms. The van der Waals surface area contributed by atoms with E-state index in [0.29, 0.717) is 12.0 Å². The molecule has 2 heteroatoms. The minimum Gasteiger partial charge on any atom is -0.247 e. The highest BCUT2D eigenvalue weighted by atomic mass is 15.1. The lowest BCUT2D eigenvalue weighted by Gasteiger charge is -2.37. The van der Waals surface area contributed by atoms with Gasteiger partial charge in [-0.25, -0.2) is 9.55 Å². The van der Waals surface area contributed by atoms with E-state index in [1.807, 2.05) is 0 Å². The molecule has 0 aliphatic rings. The average Bonchev–Trinajstić information content (AvgIpc) is 3.49. The molecule has 0 saturated heterocycles. The Morgan fingerprint density at radius 3 is 1.62 bits per heavy atom. The number of nitrogens with one attached hydrogen (secondary N) is 1. The Kier molecular flexibility index (Phi) is 16.1. The first-order chi connectivity index (χ1) is 20.6. The number of unbranched alkanes of at least 4 members (excludes halogenated alkanes) is 15. The average molecular weight is 572 g/mol. The summed E-state index contributed by atoms with van der Waals surface area (Å²) in [4.78, 5) is 3.72. The van der Waals surface area contributed by atoms with Crippen LogP contribution in [0.5, 0.6) is 0 Å². The van der Waals surface area contributed by atoms with E-state index in [-0.39, 0.29) is 5.41 Å². The molecule has 0 aliphatic heterocycles. The fourth-order valence-corrected chi connectivity index (χ4v) is 7.01. The van der Waals surface area contributed by atoms with Crippen LogP contribution < -0.4 is 4.57 Å². The van der Waals surface area contributed by atoms with E-state index in [4.69, 9.17) is 0 Å². The SMILES string of the molecule is CCCCCCCCCCCCCCCCCCC(c1[nH]cc[n+]1C(C)C)C(C)(Cc1ccccc1)c1ccccc1. The molecule has 0 saturated carbocycles. The number of aromatic amines is 1. The van der Waals surface area contributed by atoms with Crippen LogP contribution in [-0.4, -0.2) is 4.98 Å². The minimum atomic E-state index is -0.000383. The molecule has 3 aromatic rings. The van der Waals surface area contributed by atoms with Gasteiger partial charge in [0.15, 0.2) is 0 Å². The van der Waals surface area contributed by atoms with E-state index in [2.05, 4.69) is 110 Å². The van der Waals surface area contributed by atoms with Crippen molar-refractivity contribution in [3.05, 3.63) is 90.0 Å². The monoisotopic (exact) mass is 571 g/mol. The smallest absolute Gasteiger partial charge is 0.247 e. The third-order valence-corrected chi connectivity index (χ3v) is 9.59. The van der Waals surface area contributed by atoms with Crippen molar-refractivity contribution in [1.82, 2.24) is 4.98 Å². The van der Waals surface area contributed by atoms with Crippen molar-refractivity contribution in [1.29, 1.82) is 0 Å². The number of hydrogen-bond acceptors (Lipinski definition) is 0. The third kappa shape index (κ3) is 11.4. The van der Waals surface area contributed by atoms with Crippen LogP contribution in [0.25, 0.3) is 0 Å². The number of nitrogens with zero attached hydrogens (tertiary/aromatic N) is 1. The lowest BCUT2D eigenvalue weighted by molar-refractivity contribution is -0.723. The number of imidazole rings is 1. The summed E-state index contributed by atoms with van der Waals surface area (Å²) in [5, 5.41) is 0. The van der Waals surface area contributed by atoms with Gasteiger partial charge in [0.05, 0.1) is 12.0 Å². The quantitative estimate of drug-likeness (QED) is 0.0862. The molecule has 232 valence electrons. The molecule has 1 N–H and O–H groups in total. The van der Waals surface area contributed by atoms with E-state index in [1.54, 1.807) is 0 Å². The Labute approximate surface area is 259 Å². The van der Waals surface area contributed by atoms with Crippen LogP contribution in [0.2, 0.25) is 0 Å². The van der Waals surface area contributed by atoms with Crippen molar-refractivity contribution < 1.29 is 4.57 Å². The second-order valence-electron chi connectivity index (χ2n) is 13.4. The summed E-state index contributed by atoms with van der Waals surface area (Å²) < 4.78 is 2.48. The Morgan fingerprint density at radius 2 is 1.12 bits per heavy atom. The Bertz CT molecular complexity index is 1050. The topological polar surface area (TPSA) is 19.7 Å². The summed E-state index contributed by atoms with van der Waals surface area (Å²) in [5.41, 5.74) is 2.86. The van der Waals surface area contributed by atoms with Gasteiger partial charge in [0.2, 0.25) is 0 Å². The molecule has 0 bridgehead atoms. The van der Waals surface area contributed by atoms with Crippen molar-refractivity contribution in [3.8, 4) is 0 Å². The van der Waals surface area contributed by atoms with Crippen molar-refractivity contribution in [3.63, 3.8) is 0 Å². The molecule has 0 fully saturated rings. The largest absolute Gasteiger partial charge is 0.258 e. The van der Waals surface area contributed by atoms with Crippen LogP contribution in [0, 0.1) is 0 Å². The van der Waals surface area contributed by atoms with E-state index in [9.17, 15) is 0 Å². The fraction of sp³-hybridized carbons (Fsp3) is 0.625. The summed E-state index contributed by atoms with van der Waals surface area (Å²) in [6.45, 7) is 9.43. The predicted octanol–water partition coefficient (Wildman–Crippen LogP) is 11.8. The highest BCUT2D eigenvalue weighted by Crippen LogP contribution is 2.43. The number of H-pyrrole nitrogens is 1. The van der Waals surface area contributed by atoms with Gasteiger partial charge in [-0.15, -0.1) is 0 Å². The van der Waals surface area contributed by atoms with E-state index < -0.39 is 0 Å². The van der Waals surface area contributed by atoms with Gasteiger partial charge in [-0.1, -0.05) is 177 Å². The minimum absolute atomic E-state index is 0.000383. The summed E-state index contributed by atoms with van der Waals surface area (Å²) in [7, 11) is 0. The van der Waals surface area contributed by atoms with E-state index >= 15 is 0 Å². The zero-order valence-electron chi connectivity index (χ0n) is 27.8. The highest BCUT2D eigenvalue weighted by Gasteiger charge is 2.42. The maximum atomic E-state index is 3.72. The first-order valence-electron chi connectivity index (χ1n) is 17.7. The summed E-state index contributed by atoms with van der Waals surface area (Å²) >= 11 is 0. The Balaban J connectivity index is 1.50. The molecule has 0 radical (unpaired) electrons. The molecule has 2 aromatic carbocycles. The van der Waals surface area contributed by atoms with Gasteiger partial charge in [-0.05, 0) is 37.8 Å². The third-order valence-electron chi connectivity index (χ3n) is 9.59. The number of rotatable bonds is 23. The number of hydrogen-bond donors (Lipinski definition) is 1. The first-order valence-corrected chi connectivity index (χ1v) is 17.7. The van der Waals surface area contributed by atoms with Crippen molar-refractivity contribution >= 4 is 0 Å². The molecule has 0 amide bonds. The molecular weight excluding hydrogens is 508 g/mol. The molecular formula is C40H63N2+. The number of benzene rings is 2. The van der Waals surface area contributed by atoms with Gasteiger partial charge >= 0.3 is 0 Å². The maximum absolute atomic E-state index is 3.72. The summed E-state index contributed by atoms with van der Waals surface area (Å²) in [6.07, 6.45) is 29.3. The van der Waals surface area contributed by atoms with Gasteiger partial charge in [-0.2, -0.15) is 0 Å². The van der Waals surface area contributed by atoms with Gasteiger partial charge < -0.3 is 0 Å². The Hall–Kier alpha value is -2.35. The lowest BCUT2D eigenvalue weighted by Crippen LogP contribution is -2.45. The van der Waals surface area contributed by atoms with Crippen LogP contribution in [0.15, 0.2) is 73.1 Å². The van der Waals surface area contributed by atoms with Gasteiger partial charge in [0.1, 0.15) is 12.4 Å². The van der Waals surface area contributed by atoms with Gasteiger partial charge in [-0.3, -0.25) is 0 Å². The van der Waals surface area contributed by atoms with Gasteiger partial charge in [0, 0.05) is 5.41 Å². The molecule has 42 heavy (non-hydrogen) atoms. The molecule has 0 aliphatic carbocycles. The van der Waals surface area contributed by atoms with Crippen LogP contribution in [0.4, 0.5) is 0 Å². The molecule has 3 rings (SSSR count). The molecule has 1 heterocycles. The van der Waals surface area contributed by atoms with Gasteiger partial charge in [0.25, 0.3) is 5.82 Å². The zero-order chi connectivity index (χ0) is 29.9. The molecule has 2 atom stereocenters. The van der Waals surface area contributed by atoms with Crippen molar-refractivity contribution in [2.45, 2.75) is 161 Å². The van der Waals surface area contributed by atoms with E-state index in [1.165, 1.54) is 126 Å². The van der Waals surface area contributed by atoms with Crippen LogP contribution >= 0.6 is 0 Å². The zero-order valence-corrected chi connectivity index (χ0v) is 27.8. The number of aromatic nitrogens is 2. The lowest BCUT2D eigenvalue weighted by atomic mass is 9.66. The van der Waals surface area contributed by atoms with Crippen molar-refractivity contribution in [2.24, 2.45) is 0 Å². The van der Waals surface area contributed by atoms with Crippen LogP contribution in [0.1, 0.15) is 166 Å². The molecule has 1 aromatic heterocycles. The summed E-state index contributed by atoms with van der Waals surface area (Å²) in [6, 6.07) is 22.9. The van der Waals surface area contributed by atoms with E-state index in [0.717, 1.165) is 6.42 Å². The standard InChI is InChI=1S/C40H62N2/c1-5-6-7-8-9-10-11-12-13-14-15-16-17-18-19-26-31-38(39-41-32-33-42(39)35(2)3)40(4,37-29-24-21-25-30-37)34-36-27-22-20-23-28-36/h20-25,27-30,32-33,35,38H,5-19,26,31,34H2,1-4H3/p+1. The fourth-order valence-electron chi connectivity index (χ4n) is 7.01. The highest BCUT2D eigenvalue weighted by molar-refractivity contribution is 5.32. The normalized spacial score (nSPS) is 13.8. The Morgan fingerprint density at radius 1 is 0.643 bits per heavy atom. The predicted molar refractivity (Wildman–Crippen MR) is 182 cm³/mol. The van der Waals surface area contributed by atoms with Crippen molar-refractivity contribution in [2.75, 3.05) is 0 Å². The van der Waals surface area contributed by atoms with Crippen LogP contribution in [0.3, 0.4) is 0 Å². The summed E-state index contributed by atoms with van der Waals surface area (Å²) in [5.74, 6) is 1.80. The van der Waals surface area contributed by atoms with Crippen LogP contribution in [-0.2, 0) is 11.8 Å². The second-order valence-corrected chi connectivity index (χ2v) is 13.4. The second kappa shape index (κ2) is 19.8. The maximum Gasteiger partial charge on any atom is 0.258 e. The first kappa shape index (κ1) is 34.1. The molecule has 2 unspecified atom stereocenters. The molecule has 2 nitrogen and oxygen atoms in total.